The van der Waals surface area contributed by atoms with Gasteiger partial charge in [0, 0.05) is 60.7 Å². The SMILES string of the molecule is CN(C)CCN(C)c1ccc2cc1COC/C=C/CCCc1cc(ccn1)-c1ccnc(n1)N2. The molecule has 3 heterocycles. The fourth-order valence-electron chi connectivity index (χ4n) is 3.93. The Bertz CT molecular complexity index is 1110. The van der Waals surface area contributed by atoms with Gasteiger partial charge in [-0.2, -0.15) is 0 Å². The molecule has 0 amide bonds. The molecule has 0 atom stereocenters. The van der Waals surface area contributed by atoms with Crippen LogP contribution in [0.4, 0.5) is 17.3 Å². The monoisotopic (exact) mass is 458 g/mol. The normalized spacial score (nSPS) is 15.2. The largest absolute Gasteiger partial charge is 0.373 e. The minimum atomic E-state index is 0.539. The Labute approximate surface area is 202 Å². The molecule has 1 aliphatic heterocycles. The predicted molar refractivity (Wildman–Crippen MR) is 139 cm³/mol. The van der Waals surface area contributed by atoms with Crippen LogP contribution in [0.1, 0.15) is 24.1 Å². The van der Waals surface area contributed by atoms with E-state index in [1.165, 1.54) is 5.69 Å². The molecule has 7 heteroatoms. The summed E-state index contributed by atoms with van der Waals surface area (Å²) >= 11 is 0. The maximum atomic E-state index is 6.02. The first kappa shape index (κ1) is 23.9. The van der Waals surface area contributed by atoms with Crippen LogP contribution in [-0.4, -0.2) is 60.7 Å². The third-order valence-corrected chi connectivity index (χ3v) is 5.84. The van der Waals surface area contributed by atoms with E-state index in [1.54, 1.807) is 6.20 Å². The molecule has 4 rings (SSSR count). The van der Waals surface area contributed by atoms with Crippen LogP contribution in [-0.2, 0) is 17.8 Å². The first-order valence-corrected chi connectivity index (χ1v) is 11.9. The topological polar surface area (TPSA) is 66.4 Å². The van der Waals surface area contributed by atoms with Gasteiger partial charge in [-0.15, -0.1) is 0 Å². The lowest BCUT2D eigenvalue weighted by Crippen LogP contribution is -2.29. The zero-order valence-electron chi connectivity index (χ0n) is 20.4. The van der Waals surface area contributed by atoms with Crippen molar-refractivity contribution in [3.8, 4) is 11.3 Å². The van der Waals surface area contributed by atoms with Gasteiger partial charge in [-0.05, 0) is 69.8 Å². The Kier molecular flexibility index (Phi) is 8.22. The molecule has 0 unspecified atom stereocenters. The molecule has 7 nitrogen and oxygen atoms in total. The van der Waals surface area contributed by atoms with E-state index in [1.807, 2.05) is 18.3 Å². The van der Waals surface area contributed by atoms with Gasteiger partial charge in [-0.25, -0.2) is 9.97 Å². The number of nitrogens with one attached hydrogen (secondary N) is 1. The highest BCUT2D eigenvalue weighted by Crippen LogP contribution is 2.27. The summed E-state index contributed by atoms with van der Waals surface area (Å²) in [5.74, 6) is 0.570. The molecule has 1 aromatic carbocycles. The van der Waals surface area contributed by atoms with Gasteiger partial charge in [-0.3, -0.25) is 4.98 Å². The molecule has 3 aromatic rings. The molecule has 0 aliphatic carbocycles. The molecule has 0 saturated heterocycles. The van der Waals surface area contributed by atoms with E-state index in [-0.39, 0.29) is 0 Å². The molecular formula is C27H34N6O. The number of benzene rings is 1. The zero-order chi connectivity index (χ0) is 23.8. The summed E-state index contributed by atoms with van der Waals surface area (Å²) in [7, 11) is 6.32. The Morgan fingerprint density at radius 3 is 2.74 bits per heavy atom. The fraction of sp³-hybridized carbons (Fsp3) is 0.370. The number of pyridine rings is 1. The van der Waals surface area contributed by atoms with Crippen molar-refractivity contribution in [3.63, 3.8) is 0 Å². The average Bonchev–Trinajstić information content (AvgIpc) is 2.84. The lowest BCUT2D eigenvalue weighted by atomic mass is 10.1. The number of anilines is 3. The summed E-state index contributed by atoms with van der Waals surface area (Å²) in [5, 5.41) is 3.38. The van der Waals surface area contributed by atoms with Crippen LogP contribution >= 0.6 is 0 Å². The van der Waals surface area contributed by atoms with E-state index < -0.39 is 0 Å². The van der Waals surface area contributed by atoms with E-state index in [0.717, 1.165) is 60.6 Å². The number of ether oxygens (including phenoxy) is 1. The molecule has 1 aliphatic rings. The number of nitrogens with zero attached hydrogens (tertiary/aromatic N) is 5. The Morgan fingerprint density at radius 1 is 0.971 bits per heavy atom. The van der Waals surface area contributed by atoms with Crippen molar-refractivity contribution in [2.24, 2.45) is 0 Å². The van der Waals surface area contributed by atoms with E-state index in [4.69, 9.17) is 9.72 Å². The van der Waals surface area contributed by atoms with Crippen molar-refractivity contribution in [1.82, 2.24) is 19.9 Å². The Balaban J connectivity index is 1.64. The van der Waals surface area contributed by atoms with Gasteiger partial charge in [-0.1, -0.05) is 12.2 Å². The molecule has 0 saturated carbocycles. The average molecular weight is 459 g/mol. The summed E-state index contributed by atoms with van der Waals surface area (Å²) in [6.07, 6.45) is 11.0. The van der Waals surface area contributed by atoms with Crippen LogP contribution in [0.5, 0.6) is 0 Å². The third kappa shape index (κ3) is 6.62. The minimum Gasteiger partial charge on any atom is -0.373 e. The third-order valence-electron chi connectivity index (χ3n) is 5.84. The Morgan fingerprint density at radius 2 is 1.85 bits per heavy atom. The molecule has 0 spiro atoms. The number of rotatable bonds is 4. The van der Waals surface area contributed by atoms with Crippen molar-refractivity contribution in [2.45, 2.75) is 25.9 Å². The molecule has 34 heavy (non-hydrogen) atoms. The van der Waals surface area contributed by atoms with Crippen molar-refractivity contribution in [3.05, 3.63) is 72.2 Å². The predicted octanol–water partition coefficient (Wildman–Crippen LogP) is 4.69. The second-order valence-corrected chi connectivity index (χ2v) is 8.87. The smallest absolute Gasteiger partial charge is 0.227 e. The number of allylic oxidation sites excluding steroid dienone is 1. The molecule has 0 fully saturated rings. The summed E-state index contributed by atoms with van der Waals surface area (Å²) in [6.45, 7) is 3.05. The molecule has 2 aromatic heterocycles. The van der Waals surface area contributed by atoms with Crippen LogP contribution in [0.2, 0.25) is 0 Å². The minimum absolute atomic E-state index is 0.539. The van der Waals surface area contributed by atoms with Crippen LogP contribution in [0.15, 0.2) is 60.9 Å². The first-order chi connectivity index (χ1) is 16.6. The molecule has 178 valence electrons. The van der Waals surface area contributed by atoms with Crippen LogP contribution in [0.25, 0.3) is 11.3 Å². The first-order valence-electron chi connectivity index (χ1n) is 11.9. The number of aromatic nitrogens is 3. The van der Waals surface area contributed by atoms with E-state index in [9.17, 15) is 0 Å². The van der Waals surface area contributed by atoms with Gasteiger partial charge in [0.05, 0.1) is 18.9 Å². The highest BCUT2D eigenvalue weighted by Gasteiger charge is 2.11. The van der Waals surface area contributed by atoms with E-state index >= 15 is 0 Å². The highest BCUT2D eigenvalue weighted by molar-refractivity contribution is 5.65. The molecule has 0 radical (unpaired) electrons. The number of hydrogen-bond acceptors (Lipinski definition) is 7. The summed E-state index contributed by atoms with van der Waals surface area (Å²) in [4.78, 5) is 18.2. The zero-order valence-corrected chi connectivity index (χ0v) is 20.4. The van der Waals surface area contributed by atoms with Gasteiger partial charge in [0.15, 0.2) is 0 Å². The number of aryl methyl sites for hydroxylation is 1. The van der Waals surface area contributed by atoms with Gasteiger partial charge in [0.2, 0.25) is 5.95 Å². The molecule has 6 bridgehead atoms. The van der Waals surface area contributed by atoms with Crippen molar-refractivity contribution < 1.29 is 4.74 Å². The number of likely N-dealkylation sites (N-methyl/N-ethyl adjacent to an activating group) is 2. The van der Waals surface area contributed by atoms with Crippen molar-refractivity contribution in [1.29, 1.82) is 0 Å². The van der Waals surface area contributed by atoms with Crippen LogP contribution < -0.4 is 10.2 Å². The molecule has 1 N–H and O–H groups in total. The Hall–Kier alpha value is -3.29. The lowest BCUT2D eigenvalue weighted by Gasteiger charge is -2.25. The summed E-state index contributed by atoms with van der Waals surface area (Å²) < 4.78 is 6.02. The fourth-order valence-corrected chi connectivity index (χ4v) is 3.93. The van der Waals surface area contributed by atoms with Gasteiger partial charge < -0.3 is 19.9 Å². The number of fused-ring (bicyclic) bond motifs is 7. The second-order valence-electron chi connectivity index (χ2n) is 8.87. The van der Waals surface area contributed by atoms with Gasteiger partial charge in [0.25, 0.3) is 0 Å². The van der Waals surface area contributed by atoms with E-state index in [2.05, 4.69) is 82.6 Å². The van der Waals surface area contributed by atoms with E-state index in [0.29, 0.717) is 19.2 Å². The summed E-state index contributed by atoms with van der Waals surface area (Å²) in [6, 6.07) is 12.4. The summed E-state index contributed by atoms with van der Waals surface area (Å²) in [5.41, 5.74) is 6.26. The highest BCUT2D eigenvalue weighted by atomic mass is 16.5. The quantitative estimate of drug-likeness (QED) is 0.569. The molecular weight excluding hydrogens is 424 g/mol. The van der Waals surface area contributed by atoms with Crippen LogP contribution in [0, 0.1) is 0 Å². The maximum Gasteiger partial charge on any atom is 0.227 e. The second kappa shape index (κ2) is 11.7. The van der Waals surface area contributed by atoms with Gasteiger partial charge in [0.1, 0.15) is 0 Å². The standard InChI is InChI=1S/C27H34N6O/c1-32(2)15-16-33(3)26-10-9-24-19-22(26)20-34-17-7-5-4-6-8-23-18-21(11-13-28-23)25-12-14-29-27(30-24)31-25/h5,7,9-14,18-19H,4,6,8,15-17,20H2,1-3H3,(H,29,30,31)/b7-5+. The van der Waals surface area contributed by atoms with Gasteiger partial charge >= 0.3 is 0 Å². The number of hydrogen-bond donors (Lipinski definition) is 1. The maximum absolute atomic E-state index is 6.02. The van der Waals surface area contributed by atoms with Crippen molar-refractivity contribution in [2.75, 3.05) is 51.1 Å². The lowest BCUT2D eigenvalue weighted by molar-refractivity contribution is 0.149. The van der Waals surface area contributed by atoms with Crippen molar-refractivity contribution >= 4 is 17.3 Å². The van der Waals surface area contributed by atoms with Crippen LogP contribution in [0.3, 0.4) is 0 Å².